The fourth-order valence-corrected chi connectivity index (χ4v) is 2.32. The lowest BCUT2D eigenvalue weighted by Gasteiger charge is -2.24. The molecule has 0 bridgehead atoms. The van der Waals surface area contributed by atoms with Crippen LogP contribution >= 0.6 is 0 Å². The molecule has 0 unspecified atom stereocenters. The van der Waals surface area contributed by atoms with E-state index in [0.717, 1.165) is 6.42 Å². The second-order valence-corrected chi connectivity index (χ2v) is 4.33. The van der Waals surface area contributed by atoms with Crippen molar-refractivity contribution in [1.29, 1.82) is 0 Å². The Hall–Kier alpha value is -1.05. The van der Waals surface area contributed by atoms with Crippen molar-refractivity contribution >= 4 is 5.69 Å². The third-order valence-electron chi connectivity index (χ3n) is 3.19. The molecule has 1 aromatic heterocycles. The third kappa shape index (κ3) is 2.71. The van der Waals surface area contributed by atoms with E-state index in [1.54, 1.807) is 0 Å². The Bertz CT molecular complexity index is 303. The molecule has 2 heteroatoms. The molecule has 1 aliphatic carbocycles. The van der Waals surface area contributed by atoms with E-state index >= 15 is 0 Å². The SMILES string of the molecule is CCc1ncccc1NC1CCCCC1. The number of nitrogens with zero attached hydrogens (tertiary/aromatic N) is 1. The fraction of sp³-hybridized carbons (Fsp3) is 0.615. The lowest BCUT2D eigenvalue weighted by molar-refractivity contribution is 0.462. The summed E-state index contributed by atoms with van der Waals surface area (Å²) in [7, 11) is 0. The number of pyridine rings is 1. The minimum absolute atomic E-state index is 0.674. The molecule has 0 atom stereocenters. The molecule has 0 aliphatic heterocycles. The zero-order valence-electron chi connectivity index (χ0n) is 9.50. The summed E-state index contributed by atoms with van der Waals surface area (Å²) >= 11 is 0. The molecule has 15 heavy (non-hydrogen) atoms. The van der Waals surface area contributed by atoms with Gasteiger partial charge in [0.1, 0.15) is 0 Å². The lowest BCUT2D eigenvalue weighted by atomic mass is 9.95. The molecular formula is C13H20N2. The molecule has 2 nitrogen and oxygen atoms in total. The molecule has 0 saturated heterocycles. The zero-order valence-corrected chi connectivity index (χ0v) is 9.50. The van der Waals surface area contributed by atoms with Crippen molar-refractivity contribution in [3.63, 3.8) is 0 Å². The second kappa shape index (κ2) is 5.15. The molecule has 0 radical (unpaired) electrons. The van der Waals surface area contributed by atoms with Crippen molar-refractivity contribution in [2.75, 3.05) is 5.32 Å². The van der Waals surface area contributed by atoms with Gasteiger partial charge in [-0.1, -0.05) is 26.2 Å². The maximum absolute atomic E-state index is 4.40. The van der Waals surface area contributed by atoms with Crippen LogP contribution in [0, 0.1) is 0 Å². The molecule has 1 saturated carbocycles. The predicted octanol–water partition coefficient (Wildman–Crippen LogP) is 3.39. The smallest absolute Gasteiger partial charge is 0.0631 e. The Kier molecular flexibility index (Phi) is 3.59. The second-order valence-electron chi connectivity index (χ2n) is 4.33. The van der Waals surface area contributed by atoms with E-state index in [9.17, 15) is 0 Å². The molecule has 1 aromatic rings. The molecule has 82 valence electrons. The molecule has 1 fully saturated rings. The summed E-state index contributed by atoms with van der Waals surface area (Å²) in [4.78, 5) is 4.40. The Morgan fingerprint density at radius 1 is 1.33 bits per heavy atom. The van der Waals surface area contributed by atoms with Crippen LogP contribution < -0.4 is 5.32 Å². The molecule has 1 N–H and O–H groups in total. The van der Waals surface area contributed by atoms with Gasteiger partial charge >= 0.3 is 0 Å². The van der Waals surface area contributed by atoms with Gasteiger partial charge in [0.15, 0.2) is 0 Å². The van der Waals surface area contributed by atoms with Gasteiger partial charge in [-0.25, -0.2) is 0 Å². The van der Waals surface area contributed by atoms with E-state index in [1.807, 2.05) is 12.3 Å². The number of hydrogen-bond acceptors (Lipinski definition) is 2. The highest BCUT2D eigenvalue weighted by atomic mass is 14.9. The largest absolute Gasteiger partial charge is 0.381 e. The summed E-state index contributed by atoms with van der Waals surface area (Å²) in [6.07, 6.45) is 9.68. The minimum Gasteiger partial charge on any atom is -0.381 e. The Morgan fingerprint density at radius 3 is 2.87 bits per heavy atom. The van der Waals surface area contributed by atoms with Crippen LogP contribution in [0.3, 0.4) is 0 Å². The number of nitrogens with one attached hydrogen (secondary N) is 1. The Balaban J connectivity index is 2.02. The van der Waals surface area contributed by atoms with E-state index in [1.165, 1.54) is 43.5 Å². The summed E-state index contributed by atoms with van der Waals surface area (Å²) in [6.45, 7) is 2.16. The van der Waals surface area contributed by atoms with Crippen LogP contribution in [0.1, 0.15) is 44.7 Å². The quantitative estimate of drug-likeness (QED) is 0.816. The number of anilines is 1. The van der Waals surface area contributed by atoms with Crippen LogP contribution in [0.15, 0.2) is 18.3 Å². The van der Waals surface area contributed by atoms with Crippen LogP contribution in [0.2, 0.25) is 0 Å². The van der Waals surface area contributed by atoms with E-state index in [2.05, 4.69) is 23.3 Å². The van der Waals surface area contributed by atoms with Crippen molar-refractivity contribution in [3.8, 4) is 0 Å². The van der Waals surface area contributed by atoms with Gasteiger partial charge in [-0.05, 0) is 31.4 Å². The van der Waals surface area contributed by atoms with Gasteiger partial charge in [-0.3, -0.25) is 4.98 Å². The first-order chi connectivity index (χ1) is 7.40. The van der Waals surface area contributed by atoms with Crippen LogP contribution in [0.25, 0.3) is 0 Å². The average Bonchev–Trinajstić information content (AvgIpc) is 2.31. The summed E-state index contributed by atoms with van der Waals surface area (Å²) in [6, 6.07) is 4.85. The summed E-state index contributed by atoms with van der Waals surface area (Å²) in [5.74, 6) is 0. The highest BCUT2D eigenvalue weighted by Gasteiger charge is 2.13. The van der Waals surface area contributed by atoms with Crippen LogP contribution in [-0.4, -0.2) is 11.0 Å². The summed E-state index contributed by atoms with van der Waals surface area (Å²) < 4.78 is 0. The topological polar surface area (TPSA) is 24.9 Å². The molecule has 1 aliphatic rings. The monoisotopic (exact) mass is 204 g/mol. The molecule has 1 heterocycles. The highest BCUT2D eigenvalue weighted by Crippen LogP contribution is 2.22. The molecule has 2 rings (SSSR count). The average molecular weight is 204 g/mol. The van der Waals surface area contributed by atoms with Gasteiger partial charge in [0.25, 0.3) is 0 Å². The third-order valence-corrected chi connectivity index (χ3v) is 3.19. The van der Waals surface area contributed by atoms with Crippen molar-refractivity contribution in [2.45, 2.75) is 51.5 Å². The number of aromatic nitrogens is 1. The van der Waals surface area contributed by atoms with Gasteiger partial charge in [0, 0.05) is 12.2 Å². The standard InChI is InChI=1S/C13H20N2/c1-2-12-13(9-6-10-14-12)15-11-7-4-3-5-8-11/h6,9-11,15H,2-5,7-8H2,1H3. The van der Waals surface area contributed by atoms with Gasteiger partial charge < -0.3 is 5.32 Å². The molecule has 0 spiro atoms. The number of rotatable bonds is 3. The van der Waals surface area contributed by atoms with Gasteiger partial charge in [-0.2, -0.15) is 0 Å². The van der Waals surface area contributed by atoms with Crippen LogP contribution in [0.5, 0.6) is 0 Å². The Labute approximate surface area is 92.1 Å². The maximum atomic E-state index is 4.40. The fourth-order valence-electron chi connectivity index (χ4n) is 2.32. The maximum Gasteiger partial charge on any atom is 0.0631 e. The highest BCUT2D eigenvalue weighted by molar-refractivity contribution is 5.48. The predicted molar refractivity (Wildman–Crippen MR) is 64.1 cm³/mol. The first-order valence-electron chi connectivity index (χ1n) is 6.10. The van der Waals surface area contributed by atoms with E-state index in [4.69, 9.17) is 0 Å². The first-order valence-corrected chi connectivity index (χ1v) is 6.10. The van der Waals surface area contributed by atoms with E-state index in [-0.39, 0.29) is 0 Å². The van der Waals surface area contributed by atoms with Crippen LogP contribution in [-0.2, 0) is 6.42 Å². The number of hydrogen-bond donors (Lipinski definition) is 1. The molecular weight excluding hydrogens is 184 g/mol. The van der Waals surface area contributed by atoms with Crippen molar-refractivity contribution < 1.29 is 0 Å². The van der Waals surface area contributed by atoms with Crippen LogP contribution in [0.4, 0.5) is 5.69 Å². The summed E-state index contributed by atoms with van der Waals surface area (Å²) in [5, 5.41) is 3.64. The molecule has 0 aromatic carbocycles. The van der Waals surface area contributed by atoms with Gasteiger partial charge in [0.05, 0.1) is 11.4 Å². The molecule has 0 amide bonds. The normalized spacial score (nSPS) is 17.7. The Morgan fingerprint density at radius 2 is 2.13 bits per heavy atom. The van der Waals surface area contributed by atoms with E-state index in [0.29, 0.717) is 6.04 Å². The van der Waals surface area contributed by atoms with Crippen molar-refractivity contribution in [1.82, 2.24) is 4.98 Å². The minimum atomic E-state index is 0.674. The summed E-state index contributed by atoms with van der Waals surface area (Å²) in [5.41, 5.74) is 2.44. The van der Waals surface area contributed by atoms with Gasteiger partial charge in [-0.15, -0.1) is 0 Å². The van der Waals surface area contributed by atoms with E-state index < -0.39 is 0 Å². The van der Waals surface area contributed by atoms with Crippen molar-refractivity contribution in [3.05, 3.63) is 24.0 Å². The number of aryl methyl sites for hydroxylation is 1. The first kappa shape index (κ1) is 10.5. The van der Waals surface area contributed by atoms with Gasteiger partial charge in [0.2, 0.25) is 0 Å². The zero-order chi connectivity index (χ0) is 10.5. The van der Waals surface area contributed by atoms with Crippen molar-refractivity contribution in [2.24, 2.45) is 0 Å². The lowest BCUT2D eigenvalue weighted by Crippen LogP contribution is -2.23.